The van der Waals surface area contributed by atoms with E-state index in [1.807, 2.05) is 9.80 Å². The van der Waals surface area contributed by atoms with Crippen molar-refractivity contribution in [1.29, 1.82) is 0 Å². The number of carboxylic acids is 2. The molecule has 0 saturated carbocycles. The Morgan fingerprint density at radius 3 is 1.70 bits per heavy atom. The van der Waals surface area contributed by atoms with Crippen molar-refractivity contribution < 1.29 is 44.1 Å². The minimum atomic E-state index is -1.08. The number of unbranched alkanes of at least 4 members (excludes halogenated alkanes) is 3. The highest BCUT2D eigenvalue weighted by molar-refractivity contribution is 5.88. The van der Waals surface area contributed by atoms with Crippen LogP contribution in [-0.4, -0.2) is 175 Å². The van der Waals surface area contributed by atoms with Gasteiger partial charge in [0.2, 0.25) is 17.7 Å². The average Bonchev–Trinajstić information content (AvgIpc) is 2.96. The molecule has 1 rings (SSSR count). The minimum Gasteiger partial charge on any atom is -0.480 e. The third-order valence-electron chi connectivity index (χ3n) is 7.19. The fraction of sp³-hybridized carbons (Fsp3) is 0.786. The van der Waals surface area contributed by atoms with Crippen LogP contribution in [0, 0.1) is 0 Å². The maximum atomic E-state index is 12.7. The van der Waals surface area contributed by atoms with Crippen LogP contribution in [-0.2, 0) is 28.8 Å². The molecule has 0 radical (unpaired) electrons. The second-order valence-corrected chi connectivity index (χ2v) is 10.8. The number of aliphatic hydroxyl groups is 1. The lowest BCUT2D eigenvalue weighted by Gasteiger charge is -2.32. The van der Waals surface area contributed by atoms with Crippen molar-refractivity contribution in [2.75, 3.05) is 98.2 Å². The van der Waals surface area contributed by atoms with Crippen molar-refractivity contribution in [3.05, 3.63) is 0 Å². The zero-order valence-electron chi connectivity index (χ0n) is 25.9. The standard InChI is InChI=1S/C28H51N7O9/c1-2-3-4-5-7-30-28(44)23(22-37)31-24(38)6-8-29-25(39)19-33-11-9-32(17-18-36)10-12-34(20-26(40)41)15-16-35(14-13-33)21-27(42)43/h18,23,37H,2-17,19-22H2,1H3,(H,29,39)(H,30,44)(H,31,38)(H,40,41)(H,42,43). The molecule has 252 valence electrons. The molecule has 0 aromatic carbocycles. The Morgan fingerprint density at radius 2 is 1.23 bits per heavy atom. The van der Waals surface area contributed by atoms with Crippen molar-refractivity contribution in [3.63, 3.8) is 0 Å². The van der Waals surface area contributed by atoms with Gasteiger partial charge in [-0.3, -0.25) is 43.6 Å². The van der Waals surface area contributed by atoms with Gasteiger partial charge in [0.25, 0.3) is 0 Å². The zero-order valence-corrected chi connectivity index (χ0v) is 25.9. The molecule has 1 heterocycles. The Hall–Kier alpha value is -3.18. The first-order chi connectivity index (χ1) is 21.1. The predicted molar refractivity (Wildman–Crippen MR) is 161 cm³/mol. The van der Waals surface area contributed by atoms with Crippen molar-refractivity contribution in [3.8, 4) is 0 Å². The van der Waals surface area contributed by atoms with Crippen molar-refractivity contribution >= 4 is 35.9 Å². The summed E-state index contributed by atoms with van der Waals surface area (Å²) in [5, 5.41) is 36.0. The van der Waals surface area contributed by atoms with Crippen LogP contribution < -0.4 is 16.0 Å². The molecule has 0 aromatic rings. The Kier molecular flexibility index (Phi) is 20.5. The van der Waals surface area contributed by atoms with Crippen LogP contribution >= 0.6 is 0 Å². The van der Waals surface area contributed by atoms with Gasteiger partial charge in [-0.25, -0.2) is 0 Å². The van der Waals surface area contributed by atoms with E-state index in [4.69, 9.17) is 0 Å². The van der Waals surface area contributed by atoms with E-state index in [0.717, 1.165) is 32.0 Å². The van der Waals surface area contributed by atoms with Crippen LogP contribution in [0.2, 0.25) is 0 Å². The highest BCUT2D eigenvalue weighted by Crippen LogP contribution is 2.01. The van der Waals surface area contributed by atoms with E-state index >= 15 is 0 Å². The molecule has 1 unspecified atom stereocenters. The highest BCUT2D eigenvalue weighted by atomic mass is 16.4. The molecule has 0 aliphatic carbocycles. The van der Waals surface area contributed by atoms with Crippen LogP contribution in [0.3, 0.4) is 0 Å². The van der Waals surface area contributed by atoms with Gasteiger partial charge >= 0.3 is 11.9 Å². The van der Waals surface area contributed by atoms with Crippen molar-refractivity contribution in [1.82, 2.24) is 35.6 Å². The van der Waals surface area contributed by atoms with Crippen LogP contribution in [0.1, 0.15) is 39.0 Å². The summed E-state index contributed by atoms with van der Waals surface area (Å²) in [6.45, 7) is 4.62. The molecule has 3 amide bonds. The van der Waals surface area contributed by atoms with Gasteiger partial charge in [-0.1, -0.05) is 26.2 Å². The lowest BCUT2D eigenvalue weighted by atomic mass is 10.2. The summed E-state index contributed by atoms with van der Waals surface area (Å²) in [7, 11) is 0. The van der Waals surface area contributed by atoms with Crippen molar-refractivity contribution in [2.24, 2.45) is 0 Å². The summed E-state index contributed by atoms with van der Waals surface area (Å²) >= 11 is 0. The van der Waals surface area contributed by atoms with Crippen LogP contribution in [0.25, 0.3) is 0 Å². The monoisotopic (exact) mass is 629 g/mol. The topological polar surface area (TPSA) is 212 Å². The lowest BCUT2D eigenvalue weighted by Crippen LogP contribution is -2.50. The molecule has 16 heteroatoms. The van der Waals surface area contributed by atoms with E-state index in [0.29, 0.717) is 58.9 Å². The number of carbonyl (C=O) groups excluding carboxylic acids is 4. The Balaban J connectivity index is 2.66. The first-order valence-corrected chi connectivity index (χ1v) is 15.3. The number of aliphatic carboxylic acids is 2. The van der Waals surface area contributed by atoms with Gasteiger partial charge in [0.05, 0.1) is 32.8 Å². The number of carboxylic acid groups (broad SMARTS) is 2. The van der Waals surface area contributed by atoms with Gasteiger partial charge in [-0.15, -0.1) is 0 Å². The average molecular weight is 630 g/mol. The van der Waals surface area contributed by atoms with Gasteiger partial charge in [0.15, 0.2) is 0 Å². The fourth-order valence-electron chi connectivity index (χ4n) is 4.65. The summed E-state index contributed by atoms with van der Waals surface area (Å²) in [6.07, 6.45) is 4.60. The first kappa shape index (κ1) is 38.8. The molecule has 0 bridgehead atoms. The molecule has 16 nitrogen and oxygen atoms in total. The van der Waals surface area contributed by atoms with E-state index in [9.17, 15) is 44.1 Å². The van der Waals surface area contributed by atoms with Crippen molar-refractivity contribution in [2.45, 2.75) is 45.1 Å². The van der Waals surface area contributed by atoms with E-state index in [2.05, 4.69) is 22.9 Å². The summed E-state index contributed by atoms with van der Waals surface area (Å²) in [5.41, 5.74) is 0. The maximum absolute atomic E-state index is 12.7. The number of amides is 3. The van der Waals surface area contributed by atoms with E-state index in [1.165, 1.54) is 0 Å². The molecule has 1 atom stereocenters. The summed E-state index contributed by atoms with van der Waals surface area (Å²) in [5.74, 6) is -3.33. The molecular weight excluding hydrogens is 578 g/mol. The number of aldehydes is 1. The number of hydrogen-bond donors (Lipinski definition) is 6. The SMILES string of the molecule is CCCCCCNC(=O)C(CO)NC(=O)CCNC(=O)CN1CCN(CC=O)CCN(CC(=O)O)CCN(CC(=O)O)CC1. The summed E-state index contributed by atoms with van der Waals surface area (Å²) in [4.78, 5) is 78.4. The Bertz CT molecular complexity index is 909. The molecule has 1 fully saturated rings. The number of carbonyl (C=O) groups is 6. The summed E-state index contributed by atoms with van der Waals surface area (Å²) in [6, 6.07) is -1.08. The van der Waals surface area contributed by atoms with Gasteiger partial charge < -0.3 is 36.1 Å². The number of nitrogens with zero attached hydrogens (tertiary/aromatic N) is 4. The molecule has 44 heavy (non-hydrogen) atoms. The van der Waals surface area contributed by atoms with Gasteiger partial charge in [0, 0.05) is 71.9 Å². The smallest absolute Gasteiger partial charge is 0.317 e. The van der Waals surface area contributed by atoms with Gasteiger partial charge in [0.1, 0.15) is 12.3 Å². The second-order valence-electron chi connectivity index (χ2n) is 10.8. The highest BCUT2D eigenvalue weighted by Gasteiger charge is 2.21. The predicted octanol–water partition coefficient (Wildman–Crippen LogP) is -2.74. The number of nitrogens with one attached hydrogen (secondary N) is 3. The third kappa shape index (κ3) is 18.5. The van der Waals surface area contributed by atoms with Gasteiger partial charge in [-0.05, 0) is 6.42 Å². The minimum absolute atomic E-state index is 0.0110. The van der Waals surface area contributed by atoms with Gasteiger partial charge in [-0.2, -0.15) is 0 Å². The Morgan fingerprint density at radius 1 is 0.705 bits per heavy atom. The fourth-order valence-corrected chi connectivity index (χ4v) is 4.65. The second kappa shape index (κ2) is 23.2. The molecule has 6 N–H and O–H groups in total. The number of aliphatic hydroxyl groups excluding tert-OH is 1. The van der Waals surface area contributed by atoms with E-state index < -0.39 is 36.4 Å². The maximum Gasteiger partial charge on any atom is 0.317 e. The lowest BCUT2D eigenvalue weighted by molar-refractivity contribution is -0.140. The quantitative estimate of drug-likeness (QED) is 0.0633. The molecular formula is C28H51N7O9. The van der Waals surface area contributed by atoms with Crippen LogP contribution in [0.15, 0.2) is 0 Å². The van der Waals surface area contributed by atoms with E-state index in [-0.39, 0.29) is 45.1 Å². The largest absolute Gasteiger partial charge is 0.480 e. The third-order valence-corrected chi connectivity index (χ3v) is 7.19. The molecule has 1 aliphatic heterocycles. The van der Waals surface area contributed by atoms with Crippen LogP contribution in [0.4, 0.5) is 0 Å². The molecule has 1 saturated heterocycles. The molecule has 0 spiro atoms. The Labute approximate surface area is 259 Å². The molecule has 0 aromatic heterocycles. The summed E-state index contributed by atoms with van der Waals surface area (Å²) < 4.78 is 0. The number of rotatable bonds is 19. The number of hydrogen-bond acceptors (Lipinski definition) is 11. The van der Waals surface area contributed by atoms with Crippen LogP contribution in [0.5, 0.6) is 0 Å². The first-order valence-electron chi connectivity index (χ1n) is 15.3. The molecule has 1 aliphatic rings. The van der Waals surface area contributed by atoms with E-state index in [1.54, 1.807) is 9.80 Å². The normalized spacial score (nSPS) is 17.0. The zero-order chi connectivity index (χ0) is 32.7.